The van der Waals surface area contributed by atoms with Crippen LogP contribution < -0.4 is 14.2 Å². The molecule has 1 amide bonds. The summed E-state index contributed by atoms with van der Waals surface area (Å²) in [6.07, 6.45) is 5.23. The molecule has 1 aromatic heterocycles. The lowest BCUT2D eigenvalue weighted by molar-refractivity contribution is 0.0928. The zero-order chi connectivity index (χ0) is 19.5. The van der Waals surface area contributed by atoms with Crippen LogP contribution in [0.2, 0.25) is 0 Å². The molecule has 4 rings (SSSR count). The summed E-state index contributed by atoms with van der Waals surface area (Å²) in [7, 11) is 1.64. The molecule has 150 valence electrons. The number of benzene rings is 1. The second-order valence-electron chi connectivity index (χ2n) is 6.77. The average molecular weight is 387 g/mol. The summed E-state index contributed by atoms with van der Waals surface area (Å²) in [5.74, 6) is 2.91. The van der Waals surface area contributed by atoms with Gasteiger partial charge in [0.15, 0.2) is 11.5 Å². The standard InChI is InChI=1S/C20H25N3O5/c1-3-26-20(24)22-7-4-14(5-8-22)23-9-6-21-19(23)15-12-17-18(13-16(15)25-2)28-11-10-27-17/h6,9,12-14H,3-5,7-8,10-11H2,1-2H3. The maximum Gasteiger partial charge on any atom is 0.409 e. The maximum atomic E-state index is 11.9. The van der Waals surface area contributed by atoms with Crippen molar-refractivity contribution in [2.45, 2.75) is 25.8 Å². The molecule has 28 heavy (non-hydrogen) atoms. The van der Waals surface area contributed by atoms with E-state index < -0.39 is 0 Å². The number of imidazole rings is 1. The maximum absolute atomic E-state index is 11.9. The first-order chi connectivity index (χ1) is 13.7. The first kappa shape index (κ1) is 18.5. The van der Waals surface area contributed by atoms with Crippen LogP contribution in [0.4, 0.5) is 4.79 Å². The van der Waals surface area contributed by atoms with Crippen LogP contribution in [0.5, 0.6) is 17.2 Å². The van der Waals surface area contributed by atoms with Gasteiger partial charge in [-0.1, -0.05) is 0 Å². The highest BCUT2D eigenvalue weighted by atomic mass is 16.6. The molecule has 0 bridgehead atoms. The summed E-state index contributed by atoms with van der Waals surface area (Å²) in [4.78, 5) is 18.3. The Hall–Kier alpha value is -2.90. The second-order valence-corrected chi connectivity index (χ2v) is 6.77. The molecule has 1 aromatic carbocycles. The first-order valence-corrected chi connectivity index (χ1v) is 9.63. The van der Waals surface area contributed by atoms with Crippen molar-refractivity contribution in [1.82, 2.24) is 14.5 Å². The molecule has 0 unspecified atom stereocenters. The summed E-state index contributed by atoms with van der Waals surface area (Å²) >= 11 is 0. The number of hydrogen-bond acceptors (Lipinski definition) is 6. The van der Waals surface area contributed by atoms with Crippen LogP contribution in [-0.4, -0.2) is 60.6 Å². The van der Waals surface area contributed by atoms with Gasteiger partial charge in [0.25, 0.3) is 0 Å². The summed E-state index contributed by atoms with van der Waals surface area (Å²) in [6, 6.07) is 4.03. The van der Waals surface area contributed by atoms with Gasteiger partial charge in [0.1, 0.15) is 24.8 Å². The van der Waals surface area contributed by atoms with Crippen LogP contribution in [0.1, 0.15) is 25.8 Å². The molecule has 2 aliphatic heterocycles. The van der Waals surface area contributed by atoms with Gasteiger partial charge in [0, 0.05) is 37.6 Å². The third-order valence-electron chi connectivity index (χ3n) is 5.16. The highest BCUT2D eigenvalue weighted by Crippen LogP contribution is 2.42. The van der Waals surface area contributed by atoms with Crippen LogP contribution >= 0.6 is 0 Å². The fraction of sp³-hybridized carbons (Fsp3) is 0.500. The number of fused-ring (bicyclic) bond motifs is 1. The van der Waals surface area contributed by atoms with E-state index in [-0.39, 0.29) is 12.1 Å². The Morgan fingerprint density at radius 3 is 2.61 bits per heavy atom. The van der Waals surface area contributed by atoms with E-state index in [1.165, 1.54) is 0 Å². The number of methoxy groups -OCH3 is 1. The Bertz CT molecular complexity index is 842. The minimum Gasteiger partial charge on any atom is -0.496 e. The topological polar surface area (TPSA) is 75.1 Å². The van der Waals surface area contributed by atoms with E-state index in [9.17, 15) is 4.79 Å². The van der Waals surface area contributed by atoms with Crippen LogP contribution in [0.25, 0.3) is 11.4 Å². The van der Waals surface area contributed by atoms with Gasteiger partial charge < -0.3 is 28.4 Å². The van der Waals surface area contributed by atoms with Crippen molar-refractivity contribution in [1.29, 1.82) is 0 Å². The number of ether oxygens (including phenoxy) is 4. The Morgan fingerprint density at radius 1 is 1.21 bits per heavy atom. The smallest absolute Gasteiger partial charge is 0.409 e. The van der Waals surface area contributed by atoms with Gasteiger partial charge in [-0.3, -0.25) is 0 Å². The van der Waals surface area contributed by atoms with Gasteiger partial charge in [-0.25, -0.2) is 9.78 Å². The normalized spacial score (nSPS) is 16.7. The van der Waals surface area contributed by atoms with Crippen LogP contribution in [0.3, 0.4) is 0 Å². The van der Waals surface area contributed by atoms with Gasteiger partial charge in [-0.2, -0.15) is 0 Å². The van der Waals surface area contributed by atoms with Gasteiger partial charge in [-0.15, -0.1) is 0 Å². The van der Waals surface area contributed by atoms with Gasteiger partial charge >= 0.3 is 6.09 Å². The van der Waals surface area contributed by atoms with E-state index in [0.717, 1.165) is 24.2 Å². The van der Waals surface area contributed by atoms with Crippen molar-refractivity contribution >= 4 is 6.09 Å². The third kappa shape index (κ3) is 3.46. The number of carbonyl (C=O) groups is 1. The minimum atomic E-state index is -0.236. The van der Waals surface area contributed by atoms with Crippen molar-refractivity contribution in [3.05, 3.63) is 24.5 Å². The molecule has 8 heteroatoms. The Morgan fingerprint density at radius 2 is 1.93 bits per heavy atom. The second kappa shape index (κ2) is 8.00. The summed E-state index contributed by atoms with van der Waals surface area (Å²) in [5.41, 5.74) is 0.865. The lowest BCUT2D eigenvalue weighted by atomic mass is 10.0. The number of nitrogens with zero attached hydrogens (tertiary/aromatic N) is 3. The van der Waals surface area contributed by atoms with Crippen molar-refractivity contribution in [3.63, 3.8) is 0 Å². The molecule has 0 saturated carbocycles. The molecule has 2 aromatic rings. The summed E-state index contributed by atoms with van der Waals surface area (Å²) < 4.78 is 24.3. The Balaban J connectivity index is 1.58. The van der Waals surface area contributed by atoms with Gasteiger partial charge in [-0.05, 0) is 25.8 Å². The zero-order valence-corrected chi connectivity index (χ0v) is 16.2. The average Bonchev–Trinajstić information content (AvgIpc) is 3.22. The molecular formula is C20H25N3O5. The van der Waals surface area contributed by atoms with E-state index in [2.05, 4.69) is 9.55 Å². The largest absolute Gasteiger partial charge is 0.496 e. The highest BCUT2D eigenvalue weighted by Gasteiger charge is 2.27. The number of likely N-dealkylation sites (tertiary alicyclic amines) is 1. The van der Waals surface area contributed by atoms with Crippen LogP contribution in [-0.2, 0) is 4.74 Å². The molecule has 0 N–H and O–H groups in total. The summed E-state index contributed by atoms with van der Waals surface area (Å²) in [6.45, 7) is 4.61. The number of amides is 1. The molecular weight excluding hydrogens is 362 g/mol. The predicted octanol–water partition coefficient (Wildman–Crippen LogP) is 3.12. The van der Waals surface area contributed by atoms with E-state index >= 15 is 0 Å². The Kier molecular flexibility index (Phi) is 5.27. The van der Waals surface area contributed by atoms with Crippen molar-refractivity contribution in [3.8, 4) is 28.6 Å². The molecule has 0 atom stereocenters. The van der Waals surface area contributed by atoms with E-state index in [1.807, 2.05) is 25.3 Å². The van der Waals surface area contributed by atoms with Gasteiger partial charge in [0.05, 0.1) is 19.3 Å². The number of aromatic nitrogens is 2. The lowest BCUT2D eigenvalue weighted by Gasteiger charge is -2.32. The molecule has 0 aliphatic carbocycles. The van der Waals surface area contributed by atoms with Crippen molar-refractivity contribution in [2.75, 3.05) is 40.0 Å². The molecule has 2 aliphatic rings. The van der Waals surface area contributed by atoms with Crippen LogP contribution in [0.15, 0.2) is 24.5 Å². The number of carbonyl (C=O) groups excluding carboxylic acids is 1. The minimum absolute atomic E-state index is 0.236. The van der Waals surface area contributed by atoms with Gasteiger partial charge in [0.2, 0.25) is 0 Å². The molecule has 8 nitrogen and oxygen atoms in total. The predicted molar refractivity (Wildman–Crippen MR) is 102 cm³/mol. The fourth-order valence-electron chi connectivity index (χ4n) is 3.77. The van der Waals surface area contributed by atoms with Crippen molar-refractivity contribution in [2.24, 2.45) is 0 Å². The highest BCUT2D eigenvalue weighted by molar-refractivity contribution is 5.70. The van der Waals surface area contributed by atoms with Crippen molar-refractivity contribution < 1.29 is 23.7 Å². The number of piperidine rings is 1. The molecule has 0 spiro atoms. The van der Waals surface area contributed by atoms with E-state index in [1.54, 1.807) is 18.2 Å². The molecule has 0 radical (unpaired) electrons. The quantitative estimate of drug-likeness (QED) is 0.802. The zero-order valence-electron chi connectivity index (χ0n) is 16.2. The number of rotatable bonds is 4. The molecule has 1 fully saturated rings. The monoisotopic (exact) mass is 387 g/mol. The SMILES string of the molecule is CCOC(=O)N1CCC(n2ccnc2-c2cc3c(cc2OC)OCCO3)CC1. The first-order valence-electron chi connectivity index (χ1n) is 9.63. The van der Waals surface area contributed by atoms with E-state index in [0.29, 0.717) is 50.2 Å². The van der Waals surface area contributed by atoms with E-state index in [4.69, 9.17) is 18.9 Å². The summed E-state index contributed by atoms with van der Waals surface area (Å²) in [5, 5.41) is 0. The van der Waals surface area contributed by atoms with Crippen LogP contribution in [0, 0.1) is 0 Å². The molecule has 3 heterocycles. The molecule has 1 saturated heterocycles. The lowest BCUT2D eigenvalue weighted by Crippen LogP contribution is -2.39. The number of hydrogen-bond donors (Lipinski definition) is 0. The fourth-order valence-corrected chi connectivity index (χ4v) is 3.77. The third-order valence-corrected chi connectivity index (χ3v) is 5.16. The Labute approximate surface area is 164 Å².